The average Bonchev–Trinajstić information content (AvgIpc) is 2.70. The Labute approximate surface area is 105 Å². The summed E-state index contributed by atoms with van der Waals surface area (Å²) >= 11 is 3.49. The van der Waals surface area contributed by atoms with Crippen LogP contribution >= 0.6 is 28.3 Å². The Balaban J connectivity index is 0.00000112. The van der Waals surface area contributed by atoms with Crippen LogP contribution in [0.4, 0.5) is 0 Å². The molecular weight excluding hydrogens is 277 g/mol. The van der Waals surface area contributed by atoms with Crippen molar-refractivity contribution >= 4 is 28.3 Å². The van der Waals surface area contributed by atoms with Crippen molar-refractivity contribution in [2.75, 3.05) is 13.7 Å². The number of hydrogen-bond acceptors (Lipinski definition) is 2. The summed E-state index contributed by atoms with van der Waals surface area (Å²) < 4.78 is 6.46. The second-order valence-electron chi connectivity index (χ2n) is 3.54. The summed E-state index contributed by atoms with van der Waals surface area (Å²) in [5.74, 6) is 0.979. The molecule has 0 radical (unpaired) electrons. The molecule has 1 fully saturated rings. The Morgan fingerprint density at radius 2 is 2.27 bits per heavy atom. The lowest BCUT2D eigenvalue weighted by atomic mass is 10.0. The van der Waals surface area contributed by atoms with Gasteiger partial charge in [0.2, 0.25) is 0 Å². The summed E-state index contributed by atoms with van der Waals surface area (Å²) in [7, 11) is 1.72. The van der Waals surface area contributed by atoms with Crippen LogP contribution in [0.3, 0.4) is 0 Å². The van der Waals surface area contributed by atoms with E-state index in [4.69, 9.17) is 4.74 Å². The van der Waals surface area contributed by atoms with Crippen molar-refractivity contribution in [1.82, 2.24) is 5.32 Å². The molecule has 2 rings (SSSR count). The highest BCUT2D eigenvalue weighted by Gasteiger charge is 2.19. The third kappa shape index (κ3) is 2.86. The zero-order chi connectivity index (χ0) is 9.97. The van der Waals surface area contributed by atoms with Gasteiger partial charge in [-0.05, 0) is 37.6 Å². The number of benzene rings is 1. The van der Waals surface area contributed by atoms with Crippen LogP contribution in [0.25, 0.3) is 0 Å². The Morgan fingerprint density at radius 3 is 2.87 bits per heavy atom. The van der Waals surface area contributed by atoms with Gasteiger partial charge in [0.25, 0.3) is 0 Å². The first-order valence-corrected chi connectivity index (χ1v) is 5.67. The highest BCUT2D eigenvalue weighted by molar-refractivity contribution is 9.10. The van der Waals surface area contributed by atoms with Crippen LogP contribution in [-0.2, 0) is 0 Å². The second kappa shape index (κ2) is 5.73. The van der Waals surface area contributed by atoms with Gasteiger partial charge in [0.1, 0.15) is 5.75 Å². The van der Waals surface area contributed by atoms with E-state index in [0.717, 1.165) is 16.8 Å². The van der Waals surface area contributed by atoms with E-state index in [1.54, 1.807) is 7.11 Å². The standard InChI is InChI=1S/C11H14BrNO.ClH/c1-14-11-5-4-8(12)7-9(11)10-3-2-6-13-10;/h4-5,7,10,13H,2-3,6H2,1H3;1H. The second-order valence-corrected chi connectivity index (χ2v) is 4.45. The van der Waals surface area contributed by atoms with E-state index in [1.165, 1.54) is 18.4 Å². The molecule has 1 aromatic rings. The lowest BCUT2D eigenvalue weighted by Crippen LogP contribution is -2.13. The first kappa shape index (κ1) is 12.8. The summed E-state index contributed by atoms with van der Waals surface area (Å²) in [5.41, 5.74) is 1.26. The molecule has 1 aromatic carbocycles. The summed E-state index contributed by atoms with van der Waals surface area (Å²) in [6.07, 6.45) is 2.45. The predicted octanol–water partition coefficient (Wildman–Crippen LogP) is 3.30. The monoisotopic (exact) mass is 291 g/mol. The highest BCUT2D eigenvalue weighted by Crippen LogP contribution is 2.32. The third-order valence-electron chi connectivity index (χ3n) is 2.63. The minimum absolute atomic E-state index is 0. The minimum Gasteiger partial charge on any atom is -0.496 e. The smallest absolute Gasteiger partial charge is 0.123 e. The van der Waals surface area contributed by atoms with E-state index in [0.29, 0.717) is 6.04 Å². The molecule has 0 aliphatic carbocycles. The summed E-state index contributed by atoms with van der Waals surface area (Å²) in [6, 6.07) is 6.63. The molecule has 0 bridgehead atoms. The molecule has 1 N–H and O–H groups in total. The topological polar surface area (TPSA) is 21.3 Å². The van der Waals surface area contributed by atoms with Crippen LogP contribution in [0.1, 0.15) is 24.4 Å². The Kier molecular flexibility index (Phi) is 4.90. The number of ether oxygens (including phenoxy) is 1. The van der Waals surface area contributed by atoms with Crippen LogP contribution in [0.2, 0.25) is 0 Å². The highest BCUT2D eigenvalue weighted by atomic mass is 79.9. The number of nitrogens with one attached hydrogen (secondary N) is 1. The molecule has 0 spiro atoms. The van der Waals surface area contributed by atoms with E-state index < -0.39 is 0 Å². The van der Waals surface area contributed by atoms with E-state index in [1.807, 2.05) is 12.1 Å². The fraction of sp³-hybridized carbons (Fsp3) is 0.455. The molecule has 0 amide bonds. The number of hydrogen-bond donors (Lipinski definition) is 1. The maximum Gasteiger partial charge on any atom is 0.123 e. The lowest BCUT2D eigenvalue weighted by Gasteiger charge is -2.15. The average molecular weight is 293 g/mol. The van der Waals surface area contributed by atoms with Crippen LogP contribution in [0, 0.1) is 0 Å². The SMILES string of the molecule is COc1ccc(Br)cc1C1CCCN1.Cl. The van der Waals surface area contributed by atoms with E-state index in [2.05, 4.69) is 27.3 Å². The summed E-state index contributed by atoms with van der Waals surface area (Å²) in [5, 5.41) is 3.47. The predicted molar refractivity (Wildman–Crippen MR) is 67.9 cm³/mol. The van der Waals surface area contributed by atoms with Crippen molar-refractivity contribution in [3.63, 3.8) is 0 Å². The largest absolute Gasteiger partial charge is 0.496 e. The molecule has 4 heteroatoms. The molecule has 1 aliphatic rings. The first-order chi connectivity index (χ1) is 6.81. The van der Waals surface area contributed by atoms with Crippen molar-refractivity contribution < 1.29 is 4.74 Å². The molecule has 1 heterocycles. The molecule has 1 unspecified atom stereocenters. The maximum absolute atomic E-state index is 5.35. The van der Waals surface area contributed by atoms with Gasteiger partial charge in [-0.15, -0.1) is 12.4 Å². The maximum atomic E-state index is 5.35. The van der Waals surface area contributed by atoms with Crippen molar-refractivity contribution in [3.8, 4) is 5.75 Å². The van der Waals surface area contributed by atoms with Crippen LogP contribution < -0.4 is 10.1 Å². The van der Waals surface area contributed by atoms with Crippen molar-refractivity contribution in [2.24, 2.45) is 0 Å². The van der Waals surface area contributed by atoms with Gasteiger partial charge in [0, 0.05) is 16.1 Å². The van der Waals surface area contributed by atoms with E-state index >= 15 is 0 Å². The van der Waals surface area contributed by atoms with Gasteiger partial charge >= 0.3 is 0 Å². The van der Waals surface area contributed by atoms with Gasteiger partial charge in [0.15, 0.2) is 0 Å². The van der Waals surface area contributed by atoms with Crippen molar-refractivity contribution in [3.05, 3.63) is 28.2 Å². The molecule has 0 saturated carbocycles. The zero-order valence-corrected chi connectivity index (χ0v) is 11.0. The van der Waals surface area contributed by atoms with Gasteiger partial charge in [-0.1, -0.05) is 15.9 Å². The number of rotatable bonds is 2. The number of halogens is 2. The van der Waals surface area contributed by atoms with E-state index in [9.17, 15) is 0 Å². The normalized spacial score (nSPS) is 19.7. The molecule has 1 aliphatic heterocycles. The summed E-state index contributed by atoms with van der Waals surface area (Å²) in [4.78, 5) is 0. The van der Waals surface area contributed by atoms with Gasteiger partial charge in [-0.3, -0.25) is 0 Å². The van der Waals surface area contributed by atoms with Crippen LogP contribution in [0.15, 0.2) is 22.7 Å². The number of methoxy groups -OCH3 is 1. The lowest BCUT2D eigenvalue weighted by molar-refractivity contribution is 0.403. The van der Waals surface area contributed by atoms with Crippen molar-refractivity contribution in [1.29, 1.82) is 0 Å². The third-order valence-corrected chi connectivity index (χ3v) is 3.12. The molecule has 15 heavy (non-hydrogen) atoms. The van der Waals surface area contributed by atoms with Gasteiger partial charge in [-0.25, -0.2) is 0 Å². The van der Waals surface area contributed by atoms with Crippen molar-refractivity contribution in [2.45, 2.75) is 18.9 Å². The van der Waals surface area contributed by atoms with Gasteiger partial charge in [0.05, 0.1) is 7.11 Å². The summed E-state index contributed by atoms with van der Waals surface area (Å²) in [6.45, 7) is 1.11. The fourth-order valence-corrected chi connectivity index (χ4v) is 2.31. The van der Waals surface area contributed by atoms with Crippen LogP contribution in [0.5, 0.6) is 5.75 Å². The van der Waals surface area contributed by atoms with E-state index in [-0.39, 0.29) is 12.4 Å². The van der Waals surface area contributed by atoms with Gasteiger partial charge in [-0.2, -0.15) is 0 Å². The molecule has 1 atom stereocenters. The Bertz CT molecular complexity index is 326. The first-order valence-electron chi connectivity index (χ1n) is 4.88. The zero-order valence-electron chi connectivity index (χ0n) is 8.63. The molecule has 84 valence electrons. The van der Waals surface area contributed by atoms with Crippen LogP contribution in [-0.4, -0.2) is 13.7 Å². The minimum atomic E-state index is 0. The Hall–Kier alpha value is -0.250. The van der Waals surface area contributed by atoms with Gasteiger partial charge < -0.3 is 10.1 Å². The molecule has 1 saturated heterocycles. The Morgan fingerprint density at radius 1 is 1.47 bits per heavy atom. The molecule has 0 aromatic heterocycles. The fourth-order valence-electron chi connectivity index (χ4n) is 1.93. The molecule has 2 nitrogen and oxygen atoms in total. The molecular formula is C11H15BrClNO. The quantitative estimate of drug-likeness (QED) is 0.903.